The van der Waals surface area contributed by atoms with Crippen LogP contribution in [0, 0.1) is 15.9 Å². The number of nitro groups is 1. The fraction of sp³-hybridized carbons (Fsp3) is 0.188. The molecule has 0 fully saturated rings. The molecule has 0 heterocycles. The second kappa shape index (κ2) is 5.55. The van der Waals surface area contributed by atoms with E-state index in [0.717, 1.165) is 37.0 Å². The van der Waals surface area contributed by atoms with Gasteiger partial charge in [0, 0.05) is 17.3 Å². The number of nitro benzene ring substituents is 1. The fourth-order valence-electron chi connectivity index (χ4n) is 2.65. The van der Waals surface area contributed by atoms with Crippen LogP contribution in [0.1, 0.15) is 27.9 Å². The average molecular weight is 300 g/mol. The molecule has 0 unspecified atom stereocenters. The van der Waals surface area contributed by atoms with Gasteiger partial charge in [0.2, 0.25) is 5.82 Å². The maximum absolute atomic E-state index is 13.3. The SMILES string of the molecule is O=C(Nc1ccc(F)c([N+](=O)[O-])c1)c1ccc2c(c1)CCC2. The highest BCUT2D eigenvalue weighted by Crippen LogP contribution is 2.24. The van der Waals surface area contributed by atoms with Gasteiger partial charge >= 0.3 is 5.69 Å². The number of amides is 1. The molecule has 1 N–H and O–H groups in total. The van der Waals surface area contributed by atoms with E-state index in [0.29, 0.717) is 5.56 Å². The third-order valence-corrected chi connectivity index (χ3v) is 3.76. The summed E-state index contributed by atoms with van der Waals surface area (Å²) in [6.07, 6.45) is 3.07. The number of rotatable bonds is 3. The number of carbonyl (C=O) groups is 1. The van der Waals surface area contributed by atoms with Crippen molar-refractivity contribution in [1.82, 2.24) is 0 Å². The Bertz CT molecular complexity index is 774. The number of benzene rings is 2. The third-order valence-electron chi connectivity index (χ3n) is 3.76. The zero-order chi connectivity index (χ0) is 15.7. The molecule has 3 rings (SSSR count). The van der Waals surface area contributed by atoms with Crippen molar-refractivity contribution in [2.24, 2.45) is 0 Å². The van der Waals surface area contributed by atoms with Crippen molar-refractivity contribution in [2.75, 3.05) is 5.32 Å². The van der Waals surface area contributed by atoms with E-state index < -0.39 is 16.4 Å². The lowest BCUT2D eigenvalue weighted by molar-refractivity contribution is -0.387. The van der Waals surface area contributed by atoms with Crippen LogP contribution in [-0.4, -0.2) is 10.8 Å². The summed E-state index contributed by atoms with van der Waals surface area (Å²) in [5.41, 5.74) is 2.45. The molecule has 2 aromatic carbocycles. The molecule has 22 heavy (non-hydrogen) atoms. The van der Waals surface area contributed by atoms with Crippen molar-refractivity contribution in [3.63, 3.8) is 0 Å². The monoisotopic (exact) mass is 300 g/mol. The van der Waals surface area contributed by atoms with Crippen molar-refractivity contribution < 1.29 is 14.1 Å². The number of carbonyl (C=O) groups excluding carboxylic acids is 1. The van der Waals surface area contributed by atoms with Gasteiger partial charge in [-0.15, -0.1) is 0 Å². The standard InChI is InChI=1S/C16H13FN2O3/c17-14-7-6-13(9-15(14)19(21)22)18-16(20)12-5-4-10-2-1-3-11(10)8-12/h4-9H,1-3H2,(H,18,20). The van der Waals surface area contributed by atoms with Gasteiger partial charge in [0.1, 0.15) is 0 Å². The van der Waals surface area contributed by atoms with Gasteiger partial charge in [-0.2, -0.15) is 4.39 Å². The van der Waals surface area contributed by atoms with Crippen LogP contribution in [0.2, 0.25) is 0 Å². The van der Waals surface area contributed by atoms with E-state index in [2.05, 4.69) is 5.32 Å². The number of aryl methyl sites for hydroxylation is 2. The Hall–Kier alpha value is -2.76. The molecule has 0 atom stereocenters. The Labute approximate surface area is 125 Å². The number of hydrogen-bond donors (Lipinski definition) is 1. The second-order valence-electron chi connectivity index (χ2n) is 5.21. The van der Waals surface area contributed by atoms with Gasteiger partial charge in [-0.1, -0.05) is 6.07 Å². The smallest absolute Gasteiger partial charge is 0.306 e. The second-order valence-corrected chi connectivity index (χ2v) is 5.21. The maximum Gasteiger partial charge on any atom is 0.306 e. The minimum absolute atomic E-state index is 0.193. The lowest BCUT2D eigenvalue weighted by atomic mass is 10.1. The molecular formula is C16H13FN2O3. The maximum atomic E-state index is 13.3. The zero-order valence-electron chi connectivity index (χ0n) is 11.6. The molecule has 1 aliphatic carbocycles. The summed E-state index contributed by atoms with van der Waals surface area (Å²) < 4.78 is 13.3. The lowest BCUT2D eigenvalue weighted by Crippen LogP contribution is -2.12. The van der Waals surface area contributed by atoms with Gasteiger partial charge in [0.25, 0.3) is 5.91 Å². The number of nitrogens with one attached hydrogen (secondary N) is 1. The van der Waals surface area contributed by atoms with Crippen LogP contribution in [0.3, 0.4) is 0 Å². The van der Waals surface area contributed by atoms with Crippen molar-refractivity contribution in [1.29, 1.82) is 0 Å². The van der Waals surface area contributed by atoms with Crippen LogP contribution in [-0.2, 0) is 12.8 Å². The van der Waals surface area contributed by atoms with Crippen LogP contribution in [0.25, 0.3) is 0 Å². The largest absolute Gasteiger partial charge is 0.322 e. The summed E-state index contributed by atoms with van der Waals surface area (Å²) in [5.74, 6) is -1.30. The van der Waals surface area contributed by atoms with Crippen molar-refractivity contribution in [2.45, 2.75) is 19.3 Å². The molecule has 0 spiro atoms. The summed E-state index contributed by atoms with van der Waals surface area (Å²) in [6, 6.07) is 8.79. The third kappa shape index (κ3) is 2.67. The van der Waals surface area contributed by atoms with Gasteiger partial charge in [-0.25, -0.2) is 0 Å². The molecule has 5 nitrogen and oxygen atoms in total. The van der Waals surface area contributed by atoms with Crippen molar-refractivity contribution >= 4 is 17.3 Å². The van der Waals surface area contributed by atoms with E-state index in [-0.39, 0.29) is 11.6 Å². The van der Waals surface area contributed by atoms with Gasteiger partial charge in [0.15, 0.2) is 0 Å². The average Bonchev–Trinajstić information content (AvgIpc) is 2.96. The summed E-state index contributed by atoms with van der Waals surface area (Å²) >= 11 is 0. The molecule has 0 aliphatic heterocycles. The summed E-state index contributed by atoms with van der Waals surface area (Å²) in [5, 5.41) is 13.3. The van der Waals surface area contributed by atoms with E-state index in [9.17, 15) is 19.3 Å². The molecular weight excluding hydrogens is 287 g/mol. The van der Waals surface area contributed by atoms with Crippen LogP contribution in [0.4, 0.5) is 15.8 Å². The summed E-state index contributed by atoms with van der Waals surface area (Å²) in [6.45, 7) is 0. The Morgan fingerprint density at radius 1 is 1.14 bits per heavy atom. The fourth-order valence-corrected chi connectivity index (χ4v) is 2.65. The number of nitrogens with zero attached hydrogens (tertiary/aromatic N) is 1. The first-order chi connectivity index (χ1) is 10.5. The minimum Gasteiger partial charge on any atom is -0.322 e. The van der Waals surface area contributed by atoms with E-state index in [4.69, 9.17) is 0 Å². The van der Waals surface area contributed by atoms with E-state index in [1.807, 2.05) is 12.1 Å². The quantitative estimate of drug-likeness (QED) is 0.696. The van der Waals surface area contributed by atoms with E-state index in [1.54, 1.807) is 6.07 Å². The van der Waals surface area contributed by atoms with Gasteiger partial charge < -0.3 is 5.32 Å². The van der Waals surface area contributed by atoms with Crippen molar-refractivity contribution in [3.05, 3.63) is 69.0 Å². The van der Waals surface area contributed by atoms with Gasteiger partial charge in [-0.05, 0) is 54.7 Å². The number of halogens is 1. The Balaban J connectivity index is 1.82. The summed E-state index contributed by atoms with van der Waals surface area (Å²) in [7, 11) is 0. The molecule has 1 amide bonds. The van der Waals surface area contributed by atoms with Gasteiger partial charge in [-0.3, -0.25) is 14.9 Å². The van der Waals surface area contributed by atoms with Crippen LogP contribution < -0.4 is 5.32 Å². The zero-order valence-corrected chi connectivity index (χ0v) is 11.6. The van der Waals surface area contributed by atoms with Crippen molar-refractivity contribution in [3.8, 4) is 0 Å². The predicted octanol–water partition coefficient (Wildman–Crippen LogP) is 3.47. The molecule has 6 heteroatoms. The van der Waals surface area contributed by atoms with Crippen LogP contribution >= 0.6 is 0 Å². The molecule has 0 radical (unpaired) electrons. The first-order valence-corrected chi connectivity index (χ1v) is 6.92. The molecule has 0 saturated carbocycles. The normalized spacial score (nSPS) is 12.8. The van der Waals surface area contributed by atoms with Crippen LogP contribution in [0.15, 0.2) is 36.4 Å². The van der Waals surface area contributed by atoms with E-state index in [1.165, 1.54) is 11.6 Å². The Kier molecular flexibility index (Phi) is 3.58. The summed E-state index contributed by atoms with van der Waals surface area (Å²) in [4.78, 5) is 22.1. The predicted molar refractivity (Wildman–Crippen MR) is 79.5 cm³/mol. The van der Waals surface area contributed by atoms with E-state index >= 15 is 0 Å². The first-order valence-electron chi connectivity index (χ1n) is 6.92. The molecule has 0 saturated heterocycles. The highest BCUT2D eigenvalue weighted by atomic mass is 19.1. The number of hydrogen-bond acceptors (Lipinski definition) is 3. The molecule has 0 aromatic heterocycles. The number of anilines is 1. The topological polar surface area (TPSA) is 72.2 Å². The van der Waals surface area contributed by atoms with Crippen LogP contribution in [0.5, 0.6) is 0 Å². The highest BCUT2D eigenvalue weighted by Gasteiger charge is 2.17. The molecule has 0 bridgehead atoms. The molecule has 1 aliphatic rings. The molecule has 2 aromatic rings. The first kappa shape index (κ1) is 14.2. The Morgan fingerprint density at radius 3 is 2.68 bits per heavy atom. The lowest BCUT2D eigenvalue weighted by Gasteiger charge is -2.07. The number of fused-ring (bicyclic) bond motifs is 1. The molecule has 112 valence electrons. The minimum atomic E-state index is -0.930. The highest BCUT2D eigenvalue weighted by molar-refractivity contribution is 6.04. The van der Waals surface area contributed by atoms with Gasteiger partial charge in [0.05, 0.1) is 4.92 Å². The Morgan fingerprint density at radius 2 is 1.91 bits per heavy atom.